The zero-order chi connectivity index (χ0) is 15.0. The van der Waals surface area contributed by atoms with Gasteiger partial charge in [0.15, 0.2) is 11.5 Å². The minimum atomic E-state index is -0.00106. The van der Waals surface area contributed by atoms with Gasteiger partial charge in [-0.3, -0.25) is 0 Å². The van der Waals surface area contributed by atoms with Gasteiger partial charge in [-0.1, -0.05) is 0 Å². The van der Waals surface area contributed by atoms with Gasteiger partial charge in [0.25, 0.3) is 0 Å². The fraction of sp³-hybridized carbons (Fsp3) is 0.571. The molecule has 114 valence electrons. The van der Waals surface area contributed by atoms with Crippen LogP contribution in [0.3, 0.4) is 0 Å². The quantitative estimate of drug-likeness (QED) is 0.658. The van der Waals surface area contributed by atoms with Crippen molar-refractivity contribution < 1.29 is 18.9 Å². The van der Waals surface area contributed by atoms with Crippen molar-refractivity contribution in [3.63, 3.8) is 0 Å². The Bertz CT molecular complexity index is 387. The summed E-state index contributed by atoms with van der Waals surface area (Å²) in [4.78, 5) is 0. The molecule has 0 amide bonds. The van der Waals surface area contributed by atoms with Crippen LogP contribution in [0.1, 0.15) is 11.6 Å². The normalized spacial score (nSPS) is 12.1. The van der Waals surface area contributed by atoms with E-state index in [2.05, 4.69) is 5.32 Å². The first-order valence-electron chi connectivity index (χ1n) is 6.44. The molecular weight excluding hydrogens is 260 g/mol. The molecule has 0 heterocycles. The van der Waals surface area contributed by atoms with Gasteiger partial charge in [-0.2, -0.15) is 0 Å². The molecule has 0 saturated heterocycles. The zero-order valence-electron chi connectivity index (χ0n) is 12.6. The fourth-order valence-electron chi connectivity index (χ4n) is 1.98. The summed E-state index contributed by atoms with van der Waals surface area (Å²) in [6.07, 6.45) is 0. The number of hydrogen-bond donors (Lipinski definition) is 2. The Kier molecular flexibility index (Phi) is 7.14. The van der Waals surface area contributed by atoms with Crippen LogP contribution in [0, 0.1) is 0 Å². The number of hydrogen-bond acceptors (Lipinski definition) is 6. The van der Waals surface area contributed by atoms with Crippen LogP contribution in [0.15, 0.2) is 12.1 Å². The molecule has 3 N–H and O–H groups in total. The first kappa shape index (κ1) is 16.6. The first-order valence-corrected chi connectivity index (χ1v) is 6.44. The van der Waals surface area contributed by atoms with Crippen molar-refractivity contribution >= 4 is 0 Å². The molecular formula is C14H24N2O4. The Morgan fingerprint density at radius 3 is 2.05 bits per heavy atom. The minimum Gasteiger partial charge on any atom is -0.493 e. The van der Waals surface area contributed by atoms with Gasteiger partial charge in [0.2, 0.25) is 5.75 Å². The fourth-order valence-corrected chi connectivity index (χ4v) is 1.98. The topological polar surface area (TPSA) is 75.0 Å². The molecule has 0 bridgehead atoms. The Morgan fingerprint density at radius 1 is 1.05 bits per heavy atom. The number of ether oxygens (including phenoxy) is 4. The van der Waals surface area contributed by atoms with Gasteiger partial charge in [-0.25, -0.2) is 0 Å². The van der Waals surface area contributed by atoms with E-state index in [1.54, 1.807) is 28.4 Å². The van der Waals surface area contributed by atoms with E-state index in [-0.39, 0.29) is 6.04 Å². The predicted molar refractivity (Wildman–Crippen MR) is 77.8 cm³/mol. The first-order chi connectivity index (χ1) is 9.71. The van der Waals surface area contributed by atoms with Crippen molar-refractivity contribution in [2.45, 2.75) is 6.04 Å². The van der Waals surface area contributed by atoms with Gasteiger partial charge in [0.1, 0.15) is 0 Å². The molecule has 0 aliphatic carbocycles. The van der Waals surface area contributed by atoms with E-state index in [0.717, 1.165) is 12.1 Å². The number of methoxy groups -OCH3 is 4. The Hall–Kier alpha value is -1.50. The molecule has 1 aromatic rings. The summed E-state index contributed by atoms with van der Waals surface area (Å²) < 4.78 is 21.0. The molecule has 0 saturated carbocycles. The lowest BCUT2D eigenvalue weighted by Crippen LogP contribution is -2.30. The summed E-state index contributed by atoms with van der Waals surface area (Å²) in [5, 5.41) is 3.32. The number of rotatable bonds is 9. The highest BCUT2D eigenvalue weighted by molar-refractivity contribution is 5.54. The monoisotopic (exact) mass is 284 g/mol. The van der Waals surface area contributed by atoms with E-state index >= 15 is 0 Å². The van der Waals surface area contributed by atoms with Crippen LogP contribution in [0.25, 0.3) is 0 Å². The van der Waals surface area contributed by atoms with Gasteiger partial charge < -0.3 is 30.0 Å². The van der Waals surface area contributed by atoms with Gasteiger partial charge in [-0.15, -0.1) is 0 Å². The van der Waals surface area contributed by atoms with Crippen LogP contribution in [0.2, 0.25) is 0 Å². The summed E-state index contributed by atoms with van der Waals surface area (Å²) in [6, 6.07) is 3.80. The third-order valence-corrected chi connectivity index (χ3v) is 3.02. The van der Waals surface area contributed by atoms with E-state index in [1.165, 1.54) is 0 Å². The molecule has 0 aromatic heterocycles. The minimum absolute atomic E-state index is 0.00106. The van der Waals surface area contributed by atoms with Crippen LogP contribution in [-0.4, -0.2) is 48.1 Å². The molecule has 0 aliphatic rings. The van der Waals surface area contributed by atoms with Crippen LogP contribution in [0.4, 0.5) is 0 Å². The lowest BCUT2D eigenvalue weighted by Gasteiger charge is -2.20. The standard InChI is InChI=1S/C14H24N2O4/c1-17-6-5-16-11(9-15)10-7-12(18-2)14(20-4)13(8-10)19-3/h7-8,11,16H,5-6,9,15H2,1-4H3. The smallest absolute Gasteiger partial charge is 0.203 e. The highest BCUT2D eigenvalue weighted by atomic mass is 16.5. The molecule has 0 radical (unpaired) electrons. The molecule has 6 heteroatoms. The maximum absolute atomic E-state index is 5.82. The van der Waals surface area contributed by atoms with Crippen LogP contribution < -0.4 is 25.3 Å². The predicted octanol–water partition coefficient (Wildman–Crippen LogP) is 0.948. The van der Waals surface area contributed by atoms with Crippen LogP contribution >= 0.6 is 0 Å². The van der Waals surface area contributed by atoms with Crippen molar-refractivity contribution in [3.8, 4) is 17.2 Å². The van der Waals surface area contributed by atoms with Crippen molar-refractivity contribution in [1.82, 2.24) is 5.32 Å². The van der Waals surface area contributed by atoms with Gasteiger partial charge in [0.05, 0.1) is 27.9 Å². The summed E-state index contributed by atoms with van der Waals surface area (Å²) >= 11 is 0. The molecule has 6 nitrogen and oxygen atoms in total. The van der Waals surface area contributed by atoms with Crippen LogP contribution in [-0.2, 0) is 4.74 Å². The molecule has 0 aliphatic heterocycles. The molecule has 1 aromatic carbocycles. The molecule has 1 rings (SSSR count). The van der Waals surface area contributed by atoms with E-state index in [1.807, 2.05) is 12.1 Å². The lowest BCUT2D eigenvalue weighted by atomic mass is 10.1. The highest BCUT2D eigenvalue weighted by Crippen LogP contribution is 2.39. The number of nitrogens with one attached hydrogen (secondary N) is 1. The summed E-state index contributed by atoms with van der Waals surface area (Å²) in [5.74, 6) is 1.81. The number of benzene rings is 1. The molecule has 0 spiro atoms. The summed E-state index contributed by atoms with van der Waals surface area (Å²) in [5.41, 5.74) is 6.81. The maximum atomic E-state index is 5.82. The molecule has 0 fully saturated rings. The van der Waals surface area contributed by atoms with Crippen molar-refractivity contribution in [2.75, 3.05) is 48.1 Å². The third-order valence-electron chi connectivity index (χ3n) is 3.02. The van der Waals surface area contributed by atoms with E-state index in [0.29, 0.717) is 30.4 Å². The van der Waals surface area contributed by atoms with E-state index in [9.17, 15) is 0 Å². The van der Waals surface area contributed by atoms with Crippen LogP contribution in [0.5, 0.6) is 17.2 Å². The van der Waals surface area contributed by atoms with Crippen molar-refractivity contribution in [1.29, 1.82) is 0 Å². The average molecular weight is 284 g/mol. The lowest BCUT2D eigenvalue weighted by molar-refractivity contribution is 0.196. The third kappa shape index (κ3) is 4.00. The largest absolute Gasteiger partial charge is 0.493 e. The zero-order valence-corrected chi connectivity index (χ0v) is 12.6. The number of nitrogens with two attached hydrogens (primary N) is 1. The molecule has 20 heavy (non-hydrogen) atoms. The van der Waals surface area contributed by atoms with Gasteiger partial charge >= 0.3 is 0 Å². The second kappa shape index (κ2) is 8.63. The second-order valence-corrected chi connectivity index (χ2v) is 4.19. The summed E-state index contributed by atoms with van der Waals surface area (Å²) in [6.45, 7) is 1.80. The van der Waals surface area contributed by atoms with Crippen molar-refractivity contribution in [2.24, 2.45) is 5.73 Å². The maximum Gasteiger partial charge on any atom is 0.203 e. The molecule has 1 atom stereocenters. The Morgan fingerprint density at radius 2 is 1.65 bits per heavy atom. The Balaban J connectivity index is 3.03. The highest BCUT2D eigenvalue weighted by Gasteiger charge is 2.17. The summed E-state index contributed by atoms with van der Waals surface area (Å²) in [7, 11) is 6.43. The SMILES string of the molecule is COCCNC(CN)c1cc(OC)c(OC)c(OC)c1. The Labute approximate surface area is 120 Å². The van der Waals surface area contributed by atoms with Crippen molar-refractivity contribution in [3.05, 3.63) is 17.7 Å². The van der Waals surface area contributed by atoms with E-state index < -0.39 is 0 Å². The van der Waals surface area contributed by atoms with Gasteiger partial charge in [0, 0.05) is 26.2 Å². The average Bonchev–Trinajstić information content (AvgIpc) is 2.50. The molecule has 1 unspecified atom stereocenters. The van der Waals surface area contributed by atoms with E-state index in [4.69, 9.17) is 24.7 Å². The van der Waals surface area contributed by atoms with Gasteiger partial charge in [-0.05, 0) is 17.7 Å². The second-order valence-electron chi connectivity index (χ2n) is 4.19.